The van der Waals surface area contributed by atoms with Gasteiger partial charge < -0.3 is 9.84 Å². The van der Waals surface area contributed by atoms with Crippen molar-refractivity contribution in [3.63, 3.8) is 0 Å². The van der Waals surface area contributed by atoms with Crippen molar-refractivity contribution in [2.24, 2.45) is 0 Å². The molecule has 0 fully saturated rings. The highest BCUT2D eigenvalue weighted by Gasteiger charge is 2.02. The molecule has 0 atom stereocenters. The second kappa shape index (κ2) is 3.56. The van der Waals surface area contributed by atoms with Crippen molar-refractivity contribution >= 4 is 6.16 Å². The van der Waals surface area contributed by atoms with Crippen LogP contribution >= 0.6 is 0 Å². The lowest BCUT2D eigenvalue weighted by atomic mass is 10.6. The zero-order valence-corrected chi connectivity index (χ0v) is 6.30. The molecule has 0 radical (unpaired) electrons. The van der Waals surface area contributed by atoms with E-state index in [1.165, 1.54) is 10.7 Å². The fourth-order valence-electron chi connectivity index (χ4n) is 0.721. The largest absolute Gasteiger partial charge is 0.512 e. The van der Waals surface area contributed by atoms with E-state index in [9.17, 15) is 4.79 Å². The second-order valence-electron chi connectivity index (χ2n) is 2.03. The van der Waals surface area contributed by atoms with E-state index in [4.69, 9.17) is 5.11 Å². The van der Waals surface area contributed by atoms with E-state index < -0.39 is 6.16 Å². The first kappa shape index (κ1) is 8.32. The van der Waals surface area contributed by atoms with Crippen LogP contribution in [0, 0.1) is 0 Å². The number of allylic oxidation sites excluding steroid dienone is 1. The van der Waals surface area contributed by atoms with E-state index in [0.717, 1.165) is 0 Å². The zero-order valence-electron chi connectivity index (χ0n) is 6.30. The van der Waals surface area contributed by atoms with Gasteiger partial charge in [0.1, 0.15) is 0 Å². The Balaban J connectivity index is 2.63. The molecule has 1 N–H and O–H groups in total. The number of hydrogen-bond acceptors (Lipinski definition) is 3. The Morgan fingerprint density at radius 3 is 3.25 bits per heavy atom. The molecule has 1 heterocycles. The SMILES string of the molecule is C=CCn1ccc(OC(=O)O)n1. The summed E-state index contributed by atoms with van der Waals surface area (Å²) >= 11 is 0. The van der Waals surface area contributed by atoms with E-state index in [1.807, 2.05) is 0 Å². The zero-order chi connectivity index (χ0) is 8.97. The second-order valence-corrected chi connectivity index (χ2v) is 2.03. The number of hydrogen-bond donors (Lipinski definition) is 1. The Hall–Kier alpha value is -1.78. The quantitative estimate of drug-likeness (QED) is 0.542. The Morgan fingerprint density at radius 1 is 1.92 bits per heavy atom. The minimum Gasteiger partial charge on any atom is -0.449 e. The number of nitrogens with zero attached hydrogens (tertiary/aromatic N) is 2. The van der Waals surface area contributed by atoms with E-state index in [0.29, 0.717) is 6.54 Å². The smallest absolute Gasteiger partial charge is 0.449 e. The third-order valence-electron chi connectivity index (χ3n) is 1.12. The highest BCUT2D eigenvalue weighted by molar-refractivity contribution is 5.60. The molecular weight excluding hydrogens is 160 g/mol. The van der Waals surface area contributed by atoms with Crippen molar-refractivity contribution in [1.29, 1.82) is 0 Å². The van der Waals surface area contributed by atoms with Crippen LogP contribution in [0.3, 0.4) is 0 Å². The van der Waals surface area contributed by atoms with Crippen molar-refractivity contribution < 1.29 is 14.6 Å². The summed E-state index contributed by atoms with van der Waals surface area (Å²) in [5, 5.41) is 12.0. The van der Waals surface area contributed by atoms with Gasteiger partial charge >= 0.3 is 6.16 Å². The molecule has 12 heavy (non-hydrogen) atoms. The minimum atomic E-state index is -1.36. The Morgan fingerprint density at radius 2 is 2.67 bits per heavy atom. The Labute approximate surface area is 68.9 Å². The summed E-state index contributed by atoms with van der Waals surface area (Å²) in [6.07, 6.45) is 1.90. The molecule has 0 spiro atoms. The Kier molecular flexibility index (Phi) is 2.47. The van der Waals surface area contributed by atoms with Gasteiger partial charge in [-0.15, -0.1) is 11.7 Å². The maximum atomic E-state index is 10.0. The van der Waals surface area contributed by atoms with Crippen LogP contribution in [0.2, 0.25) is 0 Å². The van der Waals surface area contributed by atoms with Gasteiger partial charge in [0, 0.05) is 12.3 Å². The molecule has 0 aliphatic rings. The number of rotatable bonds is 3. The molecule has 0 aliphatic carbocycles. The van der Waals surface area contributed by atoms with E-state index >= 15 is 0 Å². The maximum Gasteiger partial charge on any atom is 0.512 e. The average molecular weight is 168 g/mol. The van der Waals surface area contributed by atoms with E-state index in [1.54, 1.807) is 12.3 Å². The van der Waals surface area contributed by atoms with Crippen LogP contribution in [0.1, 0.15) is 0 Å². The Bertz CT molecular complexity index is 293. The molecule has 1 rings (SSSR count). The highest BCUT2D eigenvalue weighted by atomic mass is 16.7. The normalized spacial score (nSPS) is 9.33. The van der Waals surface area contributed by atoms with Gasteiger partial charge in [0.2, 0.25) is 5.88 Å². The number of ether oxygens (including phenoxy) is 1. The molecule has 0 unspecified atom stereocenters. The fraction of sp³-hybridized carbons (Fsp3) is 0.143. The van der Waals surface area contributed by atoms with Crippen LogP contribution < -0.4 is 4.74 Å². The molecule has 0 saturated carbocycles. The summed E-state index contributed by atoms with van der Waals surface area (Å²) in [5.41, 5.74) is 0. The third-order valence-corrected chi connectivity index (χ3v) is 1.12. The lowest BCUT2D eigenvalue weighted by molar-refractivity contribution is 0.142. The van der Waals surface area contributed by atoms with E-state index in [-0.39, 0.29) is 5.88 Å². The van der Waals surface area contributed by atoms with Crippen LogP contribution in [0.4, 0.5) is 4.79 Å². The van der Waals surface area contributed by atoms with Gasteiger partial charge in [-0.3, -0.25) is 4.68 Å². The van der Waals surface area contributed by atoms with Crippen LogP contribution in [-0.2, 0) is 6.54 Å². The number of carboxylic acid groups (broad SMARTS) is 1. The van der Waals surface area contributed by atoms with Gasteiger partial charge in [0.15, 0.2) is 0 Å². The maximum absolute atomic E-state index is 10.0. The molecule has 0 aliphatic heterocycles. The van der Waals surface area contributed by atoms with Crippen LogP contribution in [0.25, 0.3) is 0 Å². The minimum absolute atomic E-state index is 0.0735. The lowest BCUT2D eigenvalue weighted by Gasteiger charge is -1.93. The van der Waals surface area contributed by atoms with Crippen molar-refractivity contribution in [1.82, 2.24) is 9.78 Å². The number of aromatic nitrogens is 2. The summed E-state index contributed by atoms with van der Waals surface area (Å²) in [6.45, 7) is 4.04. The fourth-order valence-corrected chi connectivity index (χ4v) is 0.721. The molecule has 64 valence electrons. The summed E-state index contributed by atoms with van der Waals surface area (Å²) in [5.74, 6) is 0.0735. The summed E-state index contributed by atoms with van der Waals surface area (Å²) < 4.78 is 5.81. The van der Waals surface area contributed by atoms with Gasteiger partial charge in [-0.25, -0.2) is 4.79 Å². The standard InChI is InChI=1S/C7H8N2O3/c1-2-4-9-5-3-6(8-9)12-7(10)11/h2-3,5H,1,4H2,(H,10,11). The van der Waals surface area contributed by atoms with Crippen LogP contribution in [-0.4, -0.2) is 21.0 Å². The molecular formula is C7H8N2O3. The molecule has 5 nitrogen and oxygen atoms in total. The number of carbonyl (C=O) groups is 1. The molecule has 0 saturated heterocycles. The first-order valence-electron chi connectivity index (χ1n) is 3.27. The molecule has 1 aromatic heterocycles. The molecule has 5 heteroatoms. The third kappa shape index (κ3) is 2.12. The van der Waals surface area contributed by atoms with Gasteiger partial charge in [-0.2, -0.15) is 0 Å². The van der Waals surface area contributed by atoms with Gasteiger partial charge in [0.05, 0.1) is 6.54 Å². The lowest BCUT2D eigenvalue weighted by Crippen LogP contribution is -2.04. The van der Waals surface area contributed by atoms with Crippen molar-refractivity contribution in [2.45, 2.75) is 6.54 Å². The topological polar surface area (TPSA) is 64.3 Å². The molecule has 1 aromatic rings. The first-order valence-corrected chi connectivity index (χ1v) is 3.27. The summed E-state index contributed by atoms with van der Waals surface area (Å²) in [7, 11) is 0. The molecule has 0 bridgehead atoms. The van der Waals surface area contributed by atoms with Gasteiger partial charge in [-0.05, 0) is 0 Å². The summed E-state index contributed by atoms with van der Waals surface area (Å²) in [6, 6.07) is 1.47. The van der Waals surface area contributed by atoms with Crippen LogP contribution in [0.15, 0.2) is 24.9 Å². The van der Waals surface area contributed by atoms with E-state index in [2.05, 4.69) is 16.4 Å². The monoisotopic (exact) mass is 168 g/mol. The van der Waals surface area contributed by atoms with Crippen molar-refractivity contribution in [3.8, 4) is 5.88 Å². The van der Waals surface area contributed by atoms with Gasteiger partial charge in [-0.1, -0.05) is 6.08 Å². The predicted octanol–water partition coefficient (Wildman–Crippen LogP) is 1.13. The van der Waals surface area contributed by atoms with Crippen molar-refractivity contribution in [2.75, 3.05) is 0 Å². The highest BCUT2D eigenvalue weighted by Crippen LogP contribution is 2.05. The average Bonchev–Trinajstić information content (AvgIpc) is 2.36. The van der Waals surface area contributed by atoms with Gasteiger partial charge in [0.25, 0.3) is 0 Å². The van der Waals surface area contributed by atoms with Crippen LogP contribution in [0.5, 0.6) is 5.88 Å². The molecule has 0 amide bonds. The first-order chi connectivity index (χ1) is 5.72. The molecule has 0 aromatic carbocycles. The van der Waals surface area contributed by atoms with Crippen molar-refractivity contribution in [3.05, 3.63) is 24.9 Å². The summed E-state index contributed by atoms with van der Waals surface area (Å²) in [4.78, 5) is 10.0. The predicted molar refractivity (Wildman–Crippen MR) is 41.1 cm³/mol.